The Hall–Kier alpha value is -1.27. The lowest BCUT2D eigenvalue weighted by Gasteiger charge is -2.05. The summed E-state index contributed by atoms with van der Waals surface area (Å²) >= 11 is 1.36. The monoisotopic (exact) mass is 233 g/mol. The molecule has 0 N–H and O–H groups in total. The average Bonchev–Trinajstić information content (AvgIpc) is 2.29. The predicted octanol–water partition coefficient (Wildman–Crippen LogP) is 3.25. The van der Waals surface area contributed by atoms with Crippen LogP contribution in [0.15, 0.2) is 24.3 Å². The van der Waals surface area contributed by atoms with E-state index in [1.54, 1.807) is 0 Å². The van der Waals surface area contributed by atoms with Crippen molar-refractivity contribution in [3.05, 3.63) is 35.4 Å². The largest absolute Gasteiger partial charge is 0.293 e. The summed E-state index contributed by atoms with van der Waals surface area (Å²) in [6.45, 7) is 4.25. The normalized spacial score (nSPS) is 10.1. The van der Waals surface area contributed by atoms with E-state index in [0.717, 1.165) is 5.56 Å². The van der Waals surface area contributed by atoms with Gasteiger partial charge in [-0.05, 0) is 11.5 Å². The first-order chi connectivity index (χ1) is 7.65. The molecule has 0 aliphatic heterocycles. The van der Waals surface area contributed by atoms with Gasteiger partial charge in [0, 0.05) is 5.56 Å². The van der Waals surface area contributed by atoms with Gasteiger partial charge in [0.1, 0.15) is 0 Å². The van der Waals surface area contributed by atoms with Crippen LogP contribution in [0.5, 0.6) is 0 Å². The fraction of sp³-hybridized carbons (Fsp3) is 0.385. The van der Waals surface area contributed by atoms with Gasteiger partial charge in [-0.2, -0.15) is 5.26 Å². The lowest BCUT2D eigenvalue weighted by molar-refractivity contribution is 0.102. The second kappa shape index (κ2) is 6.34. The number of hydrogen-bond acceptors (Lipinski definition) is 3. The smallest absolute Gasteiger partial charge is 0.172 e. The van der Waals surface area contributed by atoms with E-state index in [4.69, 9.17) is 5.26 Å². The van der Waals surface area contributed by atoms with Crippen LogP contribution in [-0.4, -0.2) is 17.3 Å². The molecule has 0 radical (unpaired) electrons. The number of nitriles is 1. The Morgan fingerprint density at radius 3 is 2.50 bits per heavy atom. The van der Waals surface area contributed by atoms with E-state index in [0.29, 0.717) is 17.4 Å². The number of benzene rings is 1. The van der Waals surface area contributed by atoms with Gasteiger partial charge < -0.3 is 0 Å². The molecule has 2 nitrogen and oxygen atoms in total. The molecule has 0 amide bonds. The molecule has 0 aliphatic rings. The van der Waals surface area contributed by atoms with Crippen LogP contribution in [0.1, 0.15) is 35.7 Å². The Kier molecular flexibility index (Phi) is 5.07. The molecular weight excluding hydrogens is 218 g/mol. The molecule has 0 saturated heterocycles. The van der Waals surface area contributed by atoms with E-state index in [2.05, 4.69) is 13.8 Å². The Bertz CT molecular complexity index is 389. The van der Waals surface area contributed by atoms with Crippen molar-refractivity contribution in [2.75, 3.05) is 11.5 Å². The Labute approximate surface area is 101 Å². The molecule has 0 unspecified atom stereocenters. The number of ketones is 1. The first-order valence-electron chi connectivity index (χ1n) is 5.23. The third-order valence-corrected chi connectivity index (χ3v) is 3.10. The molecule has 0 fully saturated rings. The molecule has 1 aromatic carbocycles. The first-order valence-corrected chi connectivity index (χ1v) is 6.38. The van der Waals surface area contributed by atoms with Crippen LogP contribution in [-0.2, 0) is 0 Å². The summed E-state index contributed by atoms with van der Waals surface area (Å²) in [6.07, 6.45) is 0. The van der Waals surface area contributed by atoms with Crippen molar-refractivity contribution < 1.29 is 4.79 Å². The van der Waals surface area contributed by atoms with E-state index in [1.165, 1.54) is 17.3 Å². The molecule has 16 heavy (non-hydrogen) atoms. The minimum atomic E-state index is 0.0931. The molecule has 0 heterocycles. The number of rotatable bonds is 5. The van der Waals surface area contributed by atoms with Gasteiger partial charge in [0.15, 0.2) is 5.78 Å². The van der Waals surface area contributed by atoms with Crippen molar-refractivity contribution >= 4 is 17.5 Å². The van der Waals surface area contributed by atoms with Gasteiger partial charge in [0.25, 0.3) is 0 Å². The number of carbonyl (C=O) groups is 1. The van der Waals surface area contributed by atoms with E-state index in [1.807, 2.05) is 30.3 Å². The van der Waals surface area contributed by atoms with E-state index in [9.17, 15) is 4.79 Å². The van der Waals surface area contributed by atoms with E-state index in [-0.39, 0.29) is 5.78 Å². The second-order valence-corrected chi connectivity index (χ2v) is 4.84. The van der Waals surface area contributed by atoms with Crippen molar-refractivity contribution in [3.8, 4) is 6.07 Å². The summed E-state index contributed by atoms with van der Waals surface area (Å²) in [5, 5.41) is 8.37. The molecule has 0 aromatic heterocycles. The SMILES string of the molecule is CC(C)c1ccc(C(=O)CSCC#N)cc1. The van der Waals surface area contributed by atoms with Crippen LogP contribution in [0, 0.1) is 11.3 Å². The predicted molar refractivity (Wildman–Crippen MR) is 67.8 cm³/mol. The van der Waals surface area contributed by atoms with Crippen LogP contribution < -0.4 is 0 Å². The van der Waals surface area contributed by atoms with E-state index >= 15 is 0 Å². The maximum absolute atomic E-state index is 11.7. The topological polar surface area (TPSA) is 40.9 Å². The summed E-state index contributed by atoms with van der Waals surface area (Å²) in [7, 11) is 0. The number of nitrogens with zero attached hydrogens (tertiary/aromatic N) is 1. The molecule has 84 valence electrons. The highest BCUT2D eigenvalue weighted by Gasteiger charge is 2.06. The fourth-order valence-corrected chi connectivity index (χ4v) is 1.87. The quantitative estimate of drug-likeness (QED) is 0.579. The van der Waals surface area contributed by atoms with Gasteiger partial charge in [0.2, 0.25) is 0 Å². The maximum atomic E-state index is 11.7. The highest BCUT2D eigenvalue weighted by molar-refractivity contribution is 8.00. The first kappa shape index (κ1) is 12.8. The van der Waals surface area contributed by atoms with Gasteiger partial charge in [-0.1, -0.05) is 38.1 Å². The van der Waals surface area contributed by atoms with Crippen molar-refractivity contribution in [2.45, 2.75) is 19.8 Å². The van der Waals surface area contributed by atoms with Crippen LogP contribution >= 0.6 is 11.8 Å². The molecule has 1 aromatic rings. The van der Waals surface area contributed by atoms with Crippen molar-refractivity contribution in [3.63, 3.8) is 0 Å². The van der Waals surface area contributed by atoms with Gasteiger partial charge in [-0.25, -0.2) is 0 Å². The van der Waals surface area contributed by atoms with Crippen molar-refractivity contribution in [1.82, 2.24) is 0 Å². The molecule has 0 atom stereocenters. The van der Waals surface area contributed by atoms with Crippen LogP contribution in [0.4, 0.5) is 0 Å². The Balaban J connectivity index is 2.60. The molecule has 0 aliphatic carbocycles. The summed E-state index contributed by atoms with van der Waals surface area (Å²) in [5.41, 5.74) is 1.97. The zero-order valence-corrected chi connectivity index (χ0v) is 10.4. The second-order valence-electron chi connectivity index (χ2n) is 3.85. The van der Waals surface area contributed by atoms with Crippen LogP contribution in [0.25, 0.3) is 0 Å². The molecular formula is C13H15NOS. The standard InChI is InChI=1S/C13H15NOS/c1-10(2)11-3-5-12(6-4-11)13(15)9-16-8-7-14/h3-6,10H,8-9H2,1-2H3. The minimum Gasteiger partial charge on any atom is -0.293 e. The van der Waals surface area contributed by atoms with Crippen molar-refractivity contribution in [1.29, 1.82) is 5.26 Å². The number of hydrogen-bond donors (Lipinski definition) is 0. The maximum Gasteiger partial charge on any atom is 0.172 e. The molecule has 0 saturated carbocycles. The molecule has 0 bridgehead atoms. The summed E-state index contributed by atoms with van der Waals surface area (Å²) < 4.78 is 0. The molecule has 0 spiro atoms. The van der Waals surface area contributed by atoms with Crippen LogP contribution in [0.3, 0.4) is 0 Å². The third-order valence-electron chi connectivity index (χ3n) is 2.30. The highest BCUT2D eigenvalue weighted by atomic mass is 32.2. The zero-order valence-electron chi connectivity index (χ0n) is 9.56. The van der Waals surface area contributed by atoms with Gasteiger partial charge >= 0.3 is 0 Å². The molecule has 1 rings (SSSR count). The number of thioether (sulfide) groups is 1. The molecule has 3 heteroatoms. The zero-order chi connectivity index (χ0) is 12.0. The Morgan fingerprint density at radius 1 is 1.38 bits per heavy atom. The summed E-state index contributed by atoms with van der Waals surface area (Å²) in [4.78, 5) is 11.7. The lowest BCUT2D eigenvalue weighted by Crippen LogP contribution is -2.03. The van der Waals surface area contributed by atoms with Gasteiger partial charge in [-0.15, -0.1) is 11.8 Å². The van der Waals surface area contributed by atoms with Gasteiger partial charge in [0.05, 0.1) is 17.6 Å². The summed E-state index contributed by atoms with van der Waals surface area (Å²) in [6, 6.07) is 9.73. The third kappa shape index (κ3) is 3.71. The van der Waals surface area contributed by atoms with Crippen LogP contribution in [0.2, 0.25) is 0 Å². The lowest BCUT2D eigenvalue weighted by atomic mass is 10.0. The highest BCUT2D eigenvalue weighted by Crippen LogP contribution is 2.15. The Morgan fingerprint density at radius 2 is 2.00 bits per heavy atom. The average molecular weight is 233 g/mol. The van der Waals surface area contributed by atoms with E-state index < -0.39 is 0 Å². The van der Waals surface area contributed by atoms with Gasteiger partial charge in [-0.3, -0.25) is 4.79 Å². The number of carbonyl (C=O) groups excluding carboxylic acids is 1. The fourth-order valence-electron chi connectivity index (χ4n) is 1.33. The number of Topliss-reactive ketones (excluding diaryl/α,β-unsaturated/α-hetero) is 1. The summed E-state index contributed by atoms with van der Waals surface area (Å²) in [5.74, 6) is 1.33. The van der Waals surface area contributed by atoms with Crippen molar-refractivity contribution in [2.24, 2.45) is 0 Å². The minimum absolute atomic E-state index is 0.0931.